The molecule has 0 aliphatic heterocycles. The van der Waals surface area contributed by atoms with Gasteiger partial charge in [0.05, 0.1) is 11.4 Å². The maximum atomic E-state index is 13.8. The molecule has 1 rings (SSSR count). The Balaban J connectivity index is 2.62. The maximum Gasteiger partial charge on any atom is 0.167 e. The fourth-order valence-electron chi connectivity index (χ4n) is 1.50. The highest BCUT2D eigenvalue weighted by Gasteiger charge is 2.19. The van der Waals surface area contributed by atoms with Crippen LogP contribution in [0.15, 0.2) is 28.8 Å². The van der Waals surface area contributed by atoms with Crippen LogP contribution in [-0.2, 0) is 0 Å². The van der Waals surface area contributed by atoms with Gasteiger partial charge in [0.2, 0.25) is 0 Å². The Hall–Kier alpha value is -1.12. The van der Waals surface area contributed by atoms with Gasteiger partial charge in [-0.15, -0.1) is 0 Å². The number of nitrogens with one attached hydrogen (secondary N) is 1. The number of halogens is 1. The van der Waals surface area contributed by atoms with E-state index in [9.17, 15) is 4.39 Å². The van der Waals surface area contributed by atoms with Crippen molar-refractivity contribution in [3.8, 4) is 0 Å². The second-order valence-corrected chi connectivity index (χ2v) is 3.75. The van der Waals surface area contributed by atoms with Crippen LogP contribution in [0.25, 0.3) is 0 Å². The summed E-state index contributed by atoms with van der Waals surface area (Å²) in [5, 5.41) is 3.09. The quantitative estimate of drug-likeness (QED) is 0.546. The van der Waals surface area contributed by atoms with E-state index in [4.69, 9.17) is 0 Å². The van der Waals surface area contributed by atoms with E-state index in [1.165, 1.54) is 6.42 Å². The molecule has 0 heterocycles. The van der Waals surface area contributed by atoms with E-state index in [1.54, 1.807) is 13.1 Å². The van der Waals surface area contributed by atoms with Crippen molar-refractivity contribution in [3.05, 3.63) is 23.8 Å². The minimum Gasteiger partial charge on any atom is -0.380 e. The monoisotopic (exact) mass is 210 g/mol. The predicted molar refractivity (Wildman–Crippen MR) is 62.5 cm³/mol. The molecule has 0 saturated heterocycles. The second kappa shape index (κ2) is 5.69. The molecule has 1 aliphatic carbocycles. The van der Waals surface area contributed by atoms with E-state index < -0.39 is 0 Å². The lowest BCUT2D eigenvalue weighted by Gasteiger charge is -2.28. The molecule has 1 fully saturated rings. The highest BCUT2D eigenvalue weighted by atomic mass is 19.1. The van der Waals surface area contributed by atoms with Crippen LogP contribution in [0.3, 0.4) is 0 Å². The van der Waals surface area contributed by atoms with Crippen molar-refractivity contribution in [1.82, 2.24) is 5.32 Å². The Labute approximate surface area is 91.0 Å². The topological polar surface area (TPSA) is 24.4 Å². The first-order chi connectivity index (χ1) is 7.19. The van der Waals surface area contributed by atoms with Gasteiger partial charge in [0.15, 0.2) is 5.83 Å². The molecule has 0 atom stereocenters. The van der Waals surface area contributed by atoms with E-state index in [1.807, 2.05) is 6.92 Å². The third-order valence-corrected chi connectivity index (χ3v) is 2.62. The van der Waals surface area contributed by atoms with Crippen molar-refractivity contribution in [3.63, 3.8) is 0 Å². The largest absolute Gasteiger partial charge is 0.380 e. The number of allylic oxidation sites excluding steroid dienone is 2. The fraction of sp³-hybridized carbons (Fsp3) is 0.583. The van der Waals surface area contributed by atoms with Gasteiger partial charge in [-0.25, -0.2) is 4.39 Å². The Kier molecular flexibility index (Phi) is 4.53. The van der Waals surface area contributed by atoms with Crippen LogP contribution in [-0.4, -0.2) is 12.3 Å². The number of rotatable bonds is 5. The number of hydrogen-bond donors (Lipinski definition) is 1. The summed E-state index contributed by atoms with van der Waals surface area (Å²) in [7, 11) is 0. The number of hydrogen-bond acceptors (Lipinski definition) is 2. The average molecular weight is 210 g/mol. The lowest BCUT2D eigenvalue weighted by atomic mass is 9.93. The van der Waals surface area contributed by atoms with Gasteiger partial charge in [-0.1, -0.05) is 13.5 Å². The zero-order chi connectivity index (χ0) is 11.3. The number of nitrogens with zero attached hydrogens (tertiary/aromatic N) is 1. The van der Waals surface area contributed by atoms with Crippen molar-refractivity contribution in [2.45, 2.75) is 45.6 Å². The van der Waals surface area contributed by atoms with Gasteiger partial charge in [-0.2, -0.15) is 0 Å². The van der Waals surface area contributed by atoms with Crippen LogP contribution in [0.4, 0.5) is 4.39 Å². The Bertz CT molecular complexity index is 288. The zero-order valence-electron chi connectivity index (χ0n) is 9.52. The molecule has 0 spiro atoms. The zero-order valence-corrected chi connectivity index (χ0v) is 9.52. The standard InChI is InChI=1S/C12H19FN2/c1-4-11(14-5-2)12(13)9(3)15-10-7-6-8-10/h5,10,15H,3-4,6-8H2,1-2H3/b12-11+,14-5?. The summed E-state index contributed by atoms with van der Waals surface area (Å²) in [5.74, 6) is -0.303. The lowest BCUT2D eigenvalue weighted by molar-refractivity contribution is 0.361. The van der Waals surface area contributed by atoms with Crippen LogP contribution in [0.2, 0.25) is 0 Å². The summed E-state index contributed by atoms with van der Waals surface area (Å²) in [6.45, 7) is 7.38. The predicted octanol–water partition coefficient (Wildman–Crippen LogP) is 3.32. The Morgan fingerprint density at radius 2 is 2.27 bits per heavy atom. The van der Waals surface area contributed by atoms with Gasteiger partial charge in [0, 0.05) is 12.3 Å². The van der Waals surface area contributed by atoms with Crippen LogP contribution in [0.5, 0.6) is 0 Å². The molecule has 2 nitrogen and oxygen atoms in total. The maximum absolute atomic E-state index is 13.8. The summed E-state index contributed by atoms with van der Waals surface area (Å²) in [6.07, 6.45) is 5.65. The third kappa shape index (κ3) is 3.18. The first-order valence-corrected chi connectivity index (χ1v) is 5.52. The SMILES string of the molecule is C=C(NC1CCC1)/C(F)=C(/CC)N=CC. The van der Waals surface area contributed by atoms with E-state index in [-0.39, 0.29) is 5.83 Å². The minimum atomic E-state index is -0.303. The van der Waals surface area contributed by atoms with Gasteiger partial charge in [0.25, 0.3) is 0 Å². The number of aliphatic imine (C=N–C) groups is 1. The van der Waals surface area contributed by atoms with Crippen molar-refractivity contribution >= 4 is 6.21 Å². The Morgan fingerprint density at radius 1 is 1.60 bits per heavy atom. The second-order valence-electron chi connectivity index (χ2n) is 3.75. The first-order valence-electron chi connectivity index (χ1n) is 5.52. The summed E-state index contributed by atoms with van der Waals surface area (Å²) >= 11 is 0. The van der Waals surface area contributed by atoms with Crippen molar-refractivity contribution in [2.24, 2.45) is 4.99 Å². The molecule has 0 bridgehead atoms. The molecule has 0 aromatic rings. The van der Waals surface area contributed by atoms with Crippen molar-refractivity contribution in [1.29, 1.82) is 0 Å². The van der Waals surface area contributed by atoms with Gasteiger partial charge >= 0.3 is 0 Å². The van der Waals surface area contributed by atoms with Crippen molar-refractivity contribution < 1.29 is 4.39 Å². The first kappa shape index (κ1) is 12.0. The fourth-order valence-corrected chi connectivity index (χ4v) is 1.50. The van der Waals surface area contributed by atoms with E-state index in [0.717, 1.165) is 12.8 Å². The molecule has 0 aromatic heterocycles. The van der Waals surface area contributed by atoms with Crippen LogP contribution in [0, 0.1) is 0 Å². The van der Waals surface area contributed by atoms with Crippen LogP contribution >= 0.6 is 0 Å². The molecule has 0 amide bonds. The van der Waals surface area contributed by atoms with Gasteiger partial charge in [-0.05, 0) is 32.6 Å². The van der Waals surface area contributed by atoms with Crippen LogP contribution in [0.1, 0.15) is 39.5 Å². The molecule has 84 valence electrons. The van der Waals surface area contributed by atoms with Gasteiger partial charge < -0.3 is 5.32 Å². The molecule has 1 saturated carbocycles. The molecule has 0 unspecified atom stereocenters. The summed E-state index contributed by atoms with van der Waals surface area (Å²) < 4.78 is 13.8. The van der Waals surface area contributed by atoms with Crippen molar-refractivity contribution in [2.75, 3.05) is 0 Å². The molecular weight excluding hydrogens is 191 g/mol. The summed E-state index contributed by atoms with van der Waals surface area (Å²) in [5.41, 5.74) is 0.844. The molecule has 0 aromatic carbocycles. The van der Waals surface area contributed by atoms with Gasteiger partial charge in [0.1, 0.15) is 0 Å². The van der Waals surface area contributed by atoms with E-state index in [2.05, 4.69) is 16.9 Å². The summed E-state index contributed by atoms with van der Waals surface area (Å²) in [6, 6.07) is 0.409. The lowest BCUT2D eigenvalue weighted by Crippen LogP contribution is -2.34. The van der Waals surface area contributed by atoms with E-state index in [0.29, 0.717) is 23.9 Å². The minimum absolute atomic E-state index is 0.303. The normalized spacial score (nSPS) is 18.6. The third-order valence-electron chi connectivity index (χ3n) is 2.62. The summed E-state index contributed by atoms with van der Waals surface area (Å²) in [4.78, 5) is 3.99. The molecule has 0 radical (unpaired) electrons. The highest BCUT2D eigenvalue weighted by molar-refractivity contribution is 5.55. The average Bonchev–Trinajstić information content (AvgIpc) is 2.18. The van der Waals surface area contributed by atoms with E-state index >= 15 is 0 Å². The Morgan fingerprint density at radius 3 is 2.67 bits per heavy atom. The molecule has 15 heavy (non-hydrogen) atoms. The molecule has 3 heteroatoms. The van der Waals surface area contributed by atoms with Gasteiger partial charge in [-0.3, -0.25) is 4.99 Å². The van der Waals surface area contributed by atoms with Crippen LogP contribution < -0.4 is 5.32 Å². The smallest absolute Gasteiger partial charge is 0.167 e. The molecule has 1 aliphatic rings. The highest BCUT2D eigenvalue weighted by Crippen LogP contribution is 2.23. The molecule has 1 N–H and O–H groups in total. The molecular formula is C12H19FN2.